The summed E-state index contributed by atoms with van der Waals surface area (Å²) < 4.78 is 12.7. The number of benzene rings is 1. The van der Waals surface area contributed by atoms with Crippen LogP contribution in [0.5, 0.6) is 0 Å². The van der Waals surface area contributed by atoms with Crippen molar-refractivity contribution in [2.45, 2.75) is 13.3 Å². The zero-order chi connectivity index (χ0) is 9.68. The zero-order valence-electron chi connectivity index (χ0n) is 7.30. The molecule has 0 aliphatic heterocycles. The summed E-state index contributed by atoms with van der Waals surface area (Å²) in [6.45, 7) is 1.85. The average Bonchev–Trinajstić information content (AvgIpc) is 2.11. The Hall–Kier alpha value is -1.62. The molecule has 0 amide bonds. The van der Waals surface area contributed by atoms with Crippen LogP contribution >= 0.6 is 0 Å². The highest BCUT2D eigenvalue weighted by Crippen LogP contribution is 2.08. The molecule has 1 nitrogen and oxygen atoms in total. The minimum atomic E-state index is -0.305. The third-order valence-electron chi connectivity index (χ3n) is 1.61. The summed E-state index contributed by atoms with van der Waals surface area (Å²) in [6.07, 6.45) is 0.914. The maximum absolute atomic E-state index is 12.7. The topological polar surface area (TPSA) is 17.1 Å². The lowest BCUT2D eigenvalue weighted by Gasteiger charge is -1.96. The van der Waals surface area contributed by atoms with Crippen LogP contribution in [0.25, 0.3) is 0 Å². The molecule has 0 N–H and O–H groups in total. The van der Waals surface area contributed by atoms with E-state index < -0.39 is 0 Å². The van der Waals surface area contributed by atoms with E-state index in [0.717, 1.165) is 11.8 Å². The van der Waals surface area contributed by atoms with Crippen molar-refractivity contribution in [3.63, 3.8) is 0 Å². The fourth-order valence-electron chi connectivity index (χ4n) is 0.917. The van der Waals surface area contributed by atoms with Gasteiger partial charge in [-0.05, 0) is 24.6 Å². The lowest BCUT2D eigenvalue weighted by atomic mass is 10.1. The molecule has 2 heteroatoms. The summed E-state index contributed by atoms with van der Waals surface area (Å²) in [4.78, 5) is 9.97. The normalized spacial score (nSPS) is 8.77. The molecule has 1 aromatic carbocycles. The molecule has 0 aliphatic rings. The van der Waals surface area contributed by atoms with Gasteiger partial charge in [0.05, 0.1) is 6.42 Å². The number of carbonyl (C=O) groups is 1. The van der Waals surface area contributed by atoms with Crippen LogP contribution in [-0.2, 0) is 4.79 Å². The van der Waals surface area contributed by atoms with Gasteiger partial charge in [-0.3, -0.25) is 0 Å². The largest absolute Gasteiger partial charge is 0.302 e. The molecular weight excluding hydrogens is 167 g/mol. The predicted octanol–water partition coefficient (Wildman–Crippen LogP) is 2.07. The number of carbonyl (C=O) groups excluding carboxylic acids is 1. The maximum Gasteiger partial charge on any atom is 0.131 e. The van der Waals surface area contributed by atoms with Gasteiger partial charge in [0, 0.05) is 5.56 Å². The summed E-state index contributed by atoms with van der Waals surface area (Å²) >= 11 is 0. The van der Waals surface area contributed by atoms with Crippen molar-refractivity contribution in [1.82, 2.24) is 0 Å². The standard InChI is InChI=1S/C11H9FO/c1-9-5-6-11(12)8-10(9)4-2-3-7-13/h5-8H,3H2,1H3. The Kier molecular flexibility index (Phi) is 3.22. The van der Waals surface area contributed by atoms with Crippen LogP contribution in [-0.4, -0.2) is 6.29 Å². The van der Waals surface area contributed by atoms with Gasteiger partial charge in [-0.2, -0.15) is 0 Å². The molecule has 0 atom stereocenters. The minimum Gasteiger partial charge on any atom is -0.302 e. The van der Waals surface area contributed by atoms with E-state index in [1.807, 2.05) is 6.92 Å². The molecule has 13 heavy (non-hydrogen) atoms. The van der Waals surface area contributed by atoms with Crippen molar-refractivity contribution in [1.29, 1.82) is 0 Å². The molecule has 0 saturated carbocycles. The molecule has 0 heterocycles. The summed E-state index contributed by atoms with van der Waals surface area (Å²) in [5.41, 5.74) is 1.56. The van der Waals surface area contributed by atoms with Crippen LogP contribution in [0, 0.1) is 24.6 Å². The Morgan fingerprint density at radius 1 is 1.54 bits per heavy atom. The SMILES string of the molecule is Cc1ccc(F)cc1C#CCC=O. The Balaban J connectivity index is 2.95. The van der Waals surface area contributed by atoms with E-state index in [1.165, 1.54) is 12.1 Å². The Bertz CT molecular complexity index is 371. The first kappa shape index (κ1) is 9.47. The monoisotopic (exact) mass is 176 g/mol. The van der Waals surface area contributed by atoms with E-state index >= 15 is 0 Å². The molecule has 0 saturated heterocycles. The van der Waals surface area contributed by atoms with Crippen molar-refractivity contribution < 1.29 is 9.18 Å². The molecular formula is C11H9FO. The van der Waals surface area contributed by atoms with E-state index in [0.29, 0.717) is 5.56 Å². The number of aryl methyl sites for hydroxylation is 1. The highest BCUT2D eigenvalue weighted by atomic mass is 19.1. The first-order valence-corrected chi connectivity index (χ1v) is 3.92. The van der Waals surface area contributed by atoms with Crippen molar-refractivity contribution in [3.8, 4) is 11.8 Å². The second-order valence-electron chi connectivity index (χ2n) is 2.63. The predicted molar refractivity (Wildman–Crippen MR) is 48.7 cm³/mol. The number of rotatable bonds is 1. The van der Waals surface area contributed by atoms with Gasteiger partial charge in [0.15, 0.2) is 0 Å². The fourth-order valence-corrected chi connectivity index (χ4v) is 0.917. The van der Waals surface area contributed by atoms with Crippen LogP contribution in [0.15, 0.2) is 18.2 Å². The van der Waals surface area contributed by atoms with Gasteiger partial charge in [0.25, 0.3) is 0 Å². The Morgan fingerprint density at radius 3 is 3.00 bits per heavy atom. The molecule has 0 fully saturated rings. The molecule has 0 aliphatic carbocycles. The molecule has 0 radical (unpaired) electrons. The zero-order valence-corrected chi connectivity index (χ0v) is 7.30. The van der Waals surface area contributed by atoms with Crippen LogP contribution in [0.4, 0.5) is 4.39 Å². The van der Waals surface area contributed by atoms with E-state index in [2.05, 4.69) is 11.8 Å². The minimum absolute atomic E-state index is 0.190. The lowest BCUT2D eigenvalue weighted by Crippen LogP contribution is -1.84. The van der Waals surface area contributed by atoms with Gasteiger partial charge in [-0.25, -0.2) is 4.39 Å². The molecule has 1 aromatic rings. The molecule has 0 unspecified atom stereocenters. The van der Waals surface area contributed by atoms with Gasteiger partial charge in [0.2, 0.25) is 0 Å². The molecule has 1 rings (SSSR count). The van der Waals surface area contributed by atoms with Gasteiger partial charge in [-0.1, -0.05) is 17.9 Å². The van der Waals surface area contributed by atoms with Gasteiger partial charge < -0.3 is 4.79 Å². The van der Waals surface area contributed by atoms with Crippen LogP contribution in [0.2, 0.25) is 0 Å². The van der Waals surface area contributed by atoms with Crippen LogP contribution in [0.3, 0.4) is 0 Å². The summed E-state index contributed by atoms with van der Waals surface area (Å²) in [5.74, 6) is 5.06. The van der Waals surface area contributed by atoms with Gasteiger partial charge in [0.1, 0.15) is 12.1 Å². The molecule has 0 aromatic heterocycles. The van der Waals surface area contributed by atoms with E-state index in [-0.39, 0.29) is 12.2 Å². The molecule has 0 bridgehead atoms. The highest BCUT2D eigenvalue weighted by molar-refractivity contribution is 5.55. The van der Waals surface area contributed by atoms with Crippen molar-refractivity contribution in [2.75, 3.05) is 0 Å². The second-order valence-corrected chi connectivity index (χ2v) is 2.63. The van der Waals surface area contributed by atoms with E-state index in [4.69, 9.17) is 0 Å². The Labute approximate surface area is 76.6 Å². The number of hydrogen-bond donors (Lipinski definition) is 0. The van der Waals surface area contributed by atoms with Crippen molar-refractivity contribution >= 4 is 6.29 Å². The average molecular weight is 176 g/mol. The molecule has 0 spiro atoms. The highest BCUT2D eigenvalue weighted by Gasteiger charge is 1.95. The Morgan fingerprint density at radius 2 is 2.31 bits per heavy atom. The number of hydrogen-bond acceptors (Lipinski definition) is 1. The lowest BCUT2D eigenvalue weighted by molar-refractivity contribution is -0.107. The van der Waals surface area contributed by atoms with Crippen molar-refractivity contribution in [3.05, 3.63) is 35.1 Å². The van der Waals surface area contributed by atoms with Crippen molar-refractivity contribution in [2.24, 2.45) is 0 Å². The number of aldehydes is 1. The van der Waals surface area contributed by atoms with E-state index in [9.17, 15) is 9.18 Å². The third kappa shape index (κ3) is 2.72. The van der Waals surface area contributed by atoms with Crippen LogP contribution in [0.1, 0.15) is 17.5 Å². The quantitative estimate of drug-likeness (QED) is 0.473. The smallest absolute Gasteiger partial charge is 0.131 e. The fraction of sp³-hybridized carbons (Fsp3) is 0.182. The number of halogens is 1. The van der Waals surface area contributed by atoms with Gasteiger partial charge >= 0.3 is 0 Å². The first-order valence-electron chi connectivity index (χ1n) is 3.92. The summed E-state index contributed by atoms with van der Waals surface area (Å²) in [7, 11) is 0. The maximum atomic E-state index is 12.7. The van der Waals surface area contributed by atoms with E-state index in [1.54, 1.807) is 6.07 Å². The first-order chi connectivity index (χ1) is 6.24. The summed E-state index contributed by atoms with van der Waals surface area (Å²) in [6, 6.07) is 4.42. The molecule has 66 valence electrons. The van der Waals surface area contributed by atoms with Crippen LogP contribution < -0.4 is 0 Å². The van der Waals surface area contributed by atoms with Gasteiger partial charge in [-0.15, -0.1) is 0 Å². The third-order valence-corrected chi connectivity index (χ3v) is 1.61. The summed E-state index contributed by atoms with van der Waals surface area (Å²) in [5, 5.41) is 0. The second kappa shape index (κ2) is 4.42.